The first-order valence-electron chi connectivity index (χ1n) is 10.5. The van der Waals surface area contributed by atoms with Crippen LogP contribution in [0.4, 0.5) is 5.69 Å². The van der Waals surface area contributed by atoms with Crippen LogP contribution in [-0.2, 0) is 27.1 Å². The maximum atomic E-state index is 12.0. The molecule has 0 saturated carbocycles. The molecule has 5 heteroatoms. The van der Waals surface area contributed by atoms with Gasteiger partial charge >= 0.3 is 5.97 Å². The van der Waals surface area contributed by atoms with E-state index in [4.69, 9.17) is 14.2 Å². The van der Waals surface area contributed by atoms with E-state index in [1.807, 2.05) is 31.2 Å². The monoisotopic (exact) mass is 397 g/mol. The average Bonchev–Trinajstić information content (AvgIpc) is 2.75. The van der Waals surface area contributed by atoms with Gasteiger partial charge in [0, 0.05) is 25.3 Å². The number of nitrogens with zero attached hydrogens (tertiary/aromatic N) is 1. The lowest BCUT2D eigenvalue weighted by atomic mass is 10.0. The van der Waals surface area contributed by atoms with E-state index < -0.39 is 6.10 Å². The Kier molecular flexibility index (Phi) is 7.94. The Balaban J connectivity index is 1.50. The second kappa shape index (κ2) is 10.9. The molecule has 0 aliphatic carbocycles. The van der Waals surface area contributed by atoms with Gasteiger partial charge in [-0.2, -0.15) is 0 Å². The fraction of sp³-hybridized carbons (Fsp3) is 0.458. The average molecular weight is 398 g/mol. The van der Waals surface area contributed by atoms with Crippen molar-refractivity contribution in [3.05, 3.63) is 59.7 Å². The van der Waals surface area contributed by atoms with Gasteiger partial charge < -0.3 is 19.1 Å². The van der Waals surface area contributed by atoms with Crippen molar-refractivity contribution < 1.29 is 19.0 Å². The van der Waals surface area contributed by atoms with E-state index in [0.29, 0.717) is 26.2 Å². The van der Waals surface area contributed by atoms with E-state index in [9.17, 15) is 4.79 Å². The van der Waals surface area contributed by atoms with Crippen molar-refractivity contribution in [2.45, 2.75) is 39.2 Å². The highest BCUT2D eigenvalue weighted by molar-refractivity contribution is 5.75. The van der Waals surface area contributed by atoms with Crippen LogP contribution in [-0.4, -0.2) is 45.0 Å². The van der Waals surface area contributed by atoms with E-state index in [1.165, 1.54) is 17.7 Å². The van der Waals surface area contributed by atoms with Crippen molar-refractivity contribution >= 4 is 11.7 Å². The number of anilines is 1. The predicted molar refractivity (Wildman–Crippen MR) is 115 cm³/mol. The first-order chi connectivity index (χ1) is 14.2. The second-order valence-corrected chi connectivity index (χ2v) is 7.11. The van der Waals surface area contributed by atoms with Crippen molar-refractivity contribution in [1.29, 1.82) is 0 Å². The molecular formula is C24H31NO4. The van der Waals surface area contributed by atoms with Gasteiger partial charge in [0.2, 0.25) is 0 Å². The SMILES string of the molecule is CCOC(=O)[C@H](Cc1ccc(OCCN2CCCc3ccccc32)cc1)OCC. The Hall–Kier alpha value is -2.53. The van der Waals surface area contributed by atoms with Gasteiger partial charge in [-0.15, -0.1) is 0 Å². The van der Waals surface area contributed by atoms with Crippen molar-refractivity contribution in [3.8, 4) is 5.75 Å². The van der Waals surface area contributed by atoms with Crippen LogP contribution in [0.1, 0.15) is 31.4 Å². The molecule has 0 aromatic heterocycles. The first kappa shape index (κ1) is 21.2. The molecule has 0 N–H and O–H groups in total. The highest BCUT2D eigenvalue weighted by atomic mass is 16.6. The Morgan fingerprint density at radius 2 is 1.86 bits per heavy atom. The first-order valence-corrected chi connectivity index (χ1v) is 10.5. The molecule has 2 aromatic rings. The molecule has 0 saturated heterocycles. The number of carbonyl (C=O) groups excluding carboxylic acids is 1. The summed E-state index contributed by atoms with van der Waals surface area (Å²) in [6.07, 6.45) is 2.28. The van der Waals surface area contributed by atoms with E-state index >= 15 is 0 Å². The van der Waals surface area contributed by atoms with Crippen LogP contribution in [0.2, 0.25) is 0 Å². The maximum absolute atomic E-state index is 12.0. The normalized spacial score (nSPS) is 14.2. The van der Waals surface area contributed by atoms with Gasteiger partial charge in [-0.1, -0.05) is 30.3 Å². The minimum atomic E-state index is -0.564. The topological polar surface area (TPSA) is 48.0 Å². The number of aryl methyl sites for hydroxylation is 1. The van der Waals surface area contributed by atoms with Crippen LogP contribution < -0.4 is 9.64 Å². The van der Waals surface area contributed by atoms with Gasteiger partial charge in [-0.25, -0.2) is 4.79 Å². The summed E-state index contributed by atoms with van der Waals surface area (Å²) in [6, 6.07) is 16.5. The minimum absolute atomic E-state index is 0.309. The fourth-order valence-electron chi connectivity index (χ4n) is 3.70. The Morgan fingerprint density at radius 3 is 2.62 bits per heavy atom. The molecule has 1 aliphatic heterocycles. The number of esters is 1. The third-order valence-corrected chi connectivity index (χ3v) is 5.10. The number of rotatable bonds is 10. The summed E-state index contributed by atoms with van der Waals surface area (Å²) in [5, 5.41) is 0. The summed E-state index contributed by atoms with van der Waals surface area (Å²) in [4.78, 5) is 14.4. The molecule has 0 bridgehead atoms. The van der Waals surface area contributed by atoms with Crippen molar-refractivity contribution in [2.24, 2.45) is 0 Å². The van der Waals surface area contributed by atoms with Gasteiger partial charge in [0.1, 0.15) is 12.4 Å². The highest BCUT2D eigenvalue weighted by Gasteiger charge is 2.20. The smallest absolute Gasteiger partial charge is 0.335 e. The van der Waals surface area contributed by atoms with Gasteiger partial charge in [0.25, 0.3) is 0 Å². The van der Waals surface area contributed by atoms with Crippen LogP contribution in [0, 0.1) is 0 Å². The van der Waals surface area contributed by atoms with E-state index in [0.717, 1.165) is 30.8 Å². The maximum Gasteiger partial charge on any atom is 0.335 e. The number of benzene rings is 2. The van der Waals surface area contributed by atoms with Crippen LogP contribution in [0.5, 0.6) is 5.75 Å². The van der Waals surface area contributed by atoms with Gasteiger partial charge in [-0.3, -0.25) is 0 Å². The van der Waals surface area contributed by atoms with E-state index in [-0.39, 0.29) is 5.97 Å². The molecule has 29 heavy (non-hydrogen) atoms. The summed E-state index contributed by atoms with van der Waals surface area (Å²) < 4.78 is 16.6. The number of hydrogen-bond donors (Lipinski definition) is 0. The molecule has 0 amide bonds. The molecule has 2 aromatic carbocycles. The molecule has 0 fully saturated rings. The molecule has 5 nitrogen and oxygen atoms in total. The van der Waals surface area contributed by atoms with Crippen LogP contribution in [0.15, 0.2) is 48.5 Å². The summed E-state index contributed by atoms with van der Waals surface area (Å²) >= 11 is 0. The van der Waals surface area contributed by atoms with Crippen LogP contribution in [0.3, 0.4) is 0 Å². The fourth-order valence-corrected chi connectivity index (χ4v) is 3.70. The number of hydrogen-bond acceptors (Lipinski definition) is 5. The largest absolute Gasteiger partial charge is 0.492 e. The molecule has 1 aliphatic rings. The number of para-hydroxylation sites is 1. The molecule has 156 valence electrons. The Labute approximate surface area is 173 Å². The quantitative estimate of drug-likeness (QED) is 0.567. The summed E-state index contributed by atoms with van der Waals surface area (Å²) in [7, 11) is 0. The molecule has 3 rings (SSSR count). The lowest BCUT2D eigenvalue weighted by Gasteiger charge is -2.31. The zero-order chi connectivity index (χ0) is 20.5. The second-order valence-electron chi connectivity index (χ2n) is 7.11. The standard InChI is InChI=1S/C24H31NO4/c1-3-27-23(24(26)28-4-2)18-19-11-13-21(14-12-19)29-17-16-25-15-7-9-20-8-5-6-10-22(20)25/h5-6,8,10-14,23H,3-4,7,9,15-18H2,1-2H3/t23-/m0/s1. The number of fused-ring (bicyclic) bond motifs is 1. The van der Waals surface area contributed by atoms with Gasteiger partial charge in [-0.05, 0) is 56.0 Å². The zero-order valence-electron chi connectivity index (χ0n) is 17.4. The van der Waals surface area contributed by atoms with Crippen molar-refractivity contribution in [3.63, 3.8) is 0 Å². The summed E-state index contributed by atoms with van der Waals surface area (Å²) in [5.41, 5.74) is 3.78. The van der Waals surface area contributed by atoms with Crippen molar-refractivity contribution in [1.82, 2.24) is 0 Å². The van der Waals surface area contributed by atoms with E-state index in [2.05, 4.69) is 29.2 Å². The van der Waals surface area contributed by atoms with Gasteiger partial charge in [0.15, 0.2) is 6.10 Å². The van der Waals surface area contributed by atoms with E-state index in [1.54, 1.807) is 6.92 Å². The van der Waals surface area contributed by atoms with Gasteiger partial charge in [0.05, 0.1) is 13.2 Å². The number of carbonyl (C=O) groups is 1. The molecule has 0 radical (unpaired) electrons. The Morgan fingerprint density at radius 1 is 1.07 bits per heavy atom. The molecule has 1 atom stereocenters. The molecular weight excluding hydrogens is 366 g/mol. The predicted octanol–water partition coefficient (Wildman–Crippen LogP) is 4.03. The van der Waals surface area contributed by atoms with Crippen LogP contribution in [0.25, 0.3) is 0 Å². The molecule has 0 spiro atoms. The highest BCUT2D eigenvalue weighted by Crippen LogP contribution is 2.26. The minimum Gasteiger partial charge on any atom is -0.492 e. The molecule has 1 heterocycles. The van der Waals surface area contributed by atoms with Crippen LogP contribution >= 0.6 is 0 Å². The summed E-state index contributed by atoms with van der Waals surface area (Å²) in [5.74, 6) is 0.527. The lowest BCUT2D eigenvalue weighted by molar-refractivity contribution is -0.156. The zero-order valence-corrected chi connectivity index (χ0v) is 17.4. The third kappa shape index (κ3) is 5.97. The van der Waals surface area contributed by atoms with Crippen molar-refractivity contribution in [2.75, 3.05) is 37.8 Å². The molecule has 0 unspecified atom stereocenters. The lowest BCUT2D eigenvalue weighted by Crippen LogP contribution is -2.33. The Bertz CT molecular complexity index is 775. The third-order valence-electron chi connectivity index (χ3n) is 5.10. The summed E-state index contributed by atoms with van der Waals surface area (Å²) in [6.45, 7) is 7.10. The number of ether oxygens (including phenoxy) is 3.